The average molecular weight is 701 g/mol. The maximum absolute atomic E-state index is 4.98. The largest absolute Gasteiger partial charge is 0.309 e. The molecule has 0 bridgehead atoms. The molecule has 0 saturated carbocycles. The quantitative estimate of drug-likeness (QED) is 0.168. The smallest absolute Gasteiger partial charge is 0.164 e. The Balaban J connectivity index is 1.14. The first-order chi connectivity index (χ1) is 27.3. The summed E-state index contributed by atoms with van der Waals surface area (Å²) in [6.07, 6.45) is 0. The van der Waals surface area contributed by atoms with Gasteiger partial charge in [0.15, 0.2) is 17.5 Å². The van der Waals surface area contributed by atoms with E-state index in [4.69, 9.17) is 15.0 Å². The van der Waals surface area contributed by atoms with Gasteiger partial charge in [-0.2, -0.15) is 0 Å². The third-order valence-corrected chi connectivity index (χ3v) is 10.8. The zero-order chi connectivity index (χ0) is 36.3. The molecule has 0 radical (unpaired) electrons. The summed E-state index contributed by atoms with van der Waals surface area (Å²) < 4.78 is 2.45. The van der Waals surface area contributed by atoms with Gasteiger partial charge in [-0.15, -0.1) is 0 Å². The molecule has 0 unspecified atom stereocenters. The van der Waals surface area contributed by atoms with Crippen molar-refractivity contribution in [1.82, 2.24) is 19.5 Å². The van der Waals surface area contributed by atoms with Crippen LogP contribution in [0, 0.1) is 0 Å². The van der Waals surface area contributed by atoms with Crippen LogP contribution in [0.1, 0.15) is 0 Å². The molecule has 0 fully saturated rings. The molecule has 4 heteroatoms. The van der Waals surface area contributed by atoms with Crippen LogP contribution in [-0.4, -0.2) is 19.5 Å². The number of para-hydroxylation sites is 2. The number of hydrogen-bond acceptors (Lipinski definition) is 3. The lowest BCUT2D eigenvalue weighted by Gasteiger charge is -2.16. The molecule has 0 spiro atoms. The van der Waals surface area contributed by atoms with Crippen molar-refractivity contribution in [3.05, 3.63) is 194 Å². The summed E-state index contributed by atoms with van der Waals surface area (Å²) >= 11 is 0. The predicted octanol–water partition coefficient (Wildman–Crippen LogP) is 13.1. The van der Waals surface area contributed by atoms with E-state index in [1.54, 1.807) is 0 Å². The molecule has 0 aliphatic rings. The Morgan fingerprint density at radius 3 is 1.38 bits per heavy atom. The Hall–Kier alpha value is -7.43. The van der Waals surface area contributed by atoms with Crippen LogP contribution in [-0.2, 0) is 0 Å². The number of rotatable bonds is 5. The minimum absolute atomic E-state index is 0.644. The van der Waals surface area contributed by atoms with Crippen molar-refractivity contribution in [2.24, 2.45) is 0 Å². The van der Waals surface area contributed by atoms with Gasteiger partial charge < -0.3 is 4.57 Å². The van der Waals surface area contributed by atoms with E-state index in [-0.39, 0.29) is 0 Å². The van der Waals surface area contributed by atoms with Gasteiger partial charge in [-0.25, -0.2) is 15.0 Å². The highest BCUT2D eigenvalue weighted by Gasteiger charge is 2.22. The van der Waals surface area contributed by atoms with Crippen molar-refractivity contribution in [2.75, 3.05) is 0 Å². The molecule has 9 aromatic carbocycles. The lowest BCUT2D eigenvalue weighted by Crippen LogP contribution is -2.00. The fourth-order valence-corrected chi connectivity index (χ4v) is 8.35. The van der Waals surface area contributed by atoms with Crippen LogP contribution in [0.5, 0.6) is 0 Å². The van der Waals surface area contributed by atoms with Crippen molar-refractivity contribution in [1.29, 1.82) is 0 Å². The second-order valence-corrected chi connectivity index (χ2v) is 14.0. The Morgan fingerprint density at radius 2 is 0.764 bits per heavy atom. The van der Waals surface area contributed by atoms with Gasteiger partial charge in [0.1, 0.15) is 0 Å². The van der Waals surface area contributed by atoms with Crippen LogP contribution in [0.25, 0.3) is 105 Å². The first kappa shape index (κ1) is 31.1. The molecular weight excluding hydrogens is 669 g/mol. The van der Waals surface area contributed by atoms with Crippen molar-refractivity contribution in [3.63, 3.8) is 0 Å². The van der Waals surface area contributed by atoms with Crippen molar-refractivity contribution in [3.8, 4) is 51.0 Å². The molecule has 0 saturated heterocycles. The summed E-state index contributed by atoms with van der Waals surface area (Å²) in [4.78, 5) is 14.8. The van der Waals surface area contributed by atoms with Gasteiger partial charge in [0, 0.05) is 43.9 Å². The molecule has 0 aliphatic heterocycles. The minimum Gasteiger partial charge on any atom is -0.309 e. The van der Waals surface area contributed by atoms with E-state index in [1.807, 2.05) is 60.7 Å². The van der Waals surface area contributed by atoms with E-state index in [0.29, 0.717) is 17.5 Å². The van der Waals surface area contributed by atoms with Crippen molar-refractivity contribution in [2.45, 2.75) is 0 Å². The van der Waals surface area contributed by atoms with Gasteiger partial charge in [-0.3, -0.25) is 0 Å². The summed E-state index contributed by atoms with van der Waals surface area (Å²) in [5, 5.41) is 9.99. The second-order valence-electron chi connectivity index (χ2n) is 14.0. The number of fused-ring (bicyclic) bond motifs is 10. The highest BCUT2D eigenvalue weighted by Crippen LogP contribution is 2.47. The lowest BCUT2D eigenvalue weighted by atomic mass is 9.88. The Labute approximate surface area is 317 Å². The molecule has 0 amide bonds. The third kappa shape index (κ3) is 5.03. The lowest BCUT2D eigenvalue weighted by molar-refractivity contribution is 1.07. The Bertz CT molecular complexity index is 3170. The molecule has 55 heavy (non-hydrogen) atoms. The van der Waals surface area contributed by atoms with Crippen molar-refractivity contribution < 1.29 is 0 Å². The van der Waals surface area contributed by atoms with Gasteiger partial charge >= 0.3 is 0 Å². The normalized spacial score (nSPS) is 11.6. The highest BCUT2D eigenvalue weighted by atomic mass is 15.0. The van der Waals surface area contributed by atoms with Crippen LogP contribution >= 0.6 is 0 Å². The van der Waals surface area contributed by atoms with E-state index in [1.165, 1.54) is 59.7 Å². The second kappa shape index (κ2) is 12.6. The average Bonchev–Trinajstić information content (AvgIpc) is 3.62. The molecule has 0 N–H and O–H groups in total. The molecule has 256 valence electrons. The van der Waals surface area contributed by atoms with Crippen LogP contribution in [0.4, 0.5) is 0 Å². The molecular formula is C51H32N4. The summed E-state index contributed by atoms with van der Waals surface area (Å²) in [6, 6.07) is 68.7. The molecule has 0 atom stereocenters. The first-order valence-electron chi connectivity index (χ1n) is 18.6. The van der Waals surface area contributed by atoms with Crippen LogP contribution in [0.2, 0.25) is 0 Å². The fourth-order valence-electron chi connectivity index (χ4n) is 8.35. The van der Waals surface area contributed by atoms with E-state index >= 15 is 0 Å². The maximum atomic E-state index is 4.98. The maximum Gasteiger partial charge on any atom is 0.164 e. The van der Waals surface area contributed by atoms with Crippen LogP contribution < -0.4 is 0 Å². The fraction of sp³-hybridized carbons (Fsp3) is 0. The molecule has 0 aliphatic carbocycles. The SMILES string of the molecule is c1ccc(-c2nc(-c3ccccc3)nc(-c3ccc(-c4cc5c6ccccc6c6c(c7ccccc7n6-c6ccccc6)c5c5ccccc45)cc3)n2)cc1. The topological polar surface area (TPSA) is 43.6 Å². The standard InChI is InChI=1S/C51H32N4/c1-4-16-34(17-5-1)49-52-50(35-18-6-2-7-19-35)54-51(53-49)36-30-28-33(29-31-36)43-32-44-39-23-11-13-25-41(39)48-47(46(44)40-24-12-10-22-38(40)43)42-26-14-15-27-45(42)55(48)37-20-8-3-9-21-37/h1-32H. The van der Waals surface area contributed by atoms with Gasteiger partial charge in [0.05, 0.1) is 11.0 Å². The minimum atomic E-state index is 0.644. The monoisotopic (exact) mass is 700 g/mol. The summed E-state index contributed by atoms with van der Waals surface area (Å²) in [5.41, 5.74) is 8.77. The van der Waals surface area contributed by atoms with Crippen molar-refractivity contribution >= 4 is 54.1 Å². The third-order valence-electron chi connectivity index (χ3n) is 10.8. The van der Waals surface area contributed by atoms with Gasteiger partial charge in [0.25, 0.3) is 0 Å². The molecule has 4 nitrogen and oxygen atoms in total. The Morgan fingerprint density at radius 1 is 0.309 bits per heavy atom. The predicted molar refractivity (Wildman–Crippen MR) is 228 cm³/mol. The summed E-state index contributed by atoms with van der Waals surface area (Å²) in [6.45, 7) is 0. The van der Waals surface area contributed by atoms with Gasteiger partial charge in [-0.1, -0.05) is 170 Å². The first-order valence-corrected chi connectivity index (χ1v) is 18.6. The zero-order valence-electron chi connectivity index (χ0n) is 29.8. The van der Waals surface area contributed by atoms with E-state index in [9.17, 15) is 0 Å². The van der Waals surface area contributed by atoms with E-state index in [2.05, 4.69) is 138 Å². The van der Waals surface area contributed by atoms with E-state index in [0.717, 1.165) is 27.9 Å². The number of aromatic nitrogens is 4. The molecule has 2 aromatic heterocycles. The van der Waals surface area contributed by atoms with Crippen LogP contribution in [0.3, 0.4) is 0 Å². The zero-order valence-corrected chi connectivity index (χ0v) is 29.8. The van der Waals surface area contributed by atoms with Crippen LogP contribution in [0.15, 0.2) is 194 Å². The number of nitrogens with zero attached hydrogens (tertiary/aromatic N) is 4. The molecule has 11 rings (SSSR count). The van der Waals surface area contributed by atoms with E-state index < -0.39 is 0 Å². The summed E-state index contributed by atoms with van der Waals surface area (Å²) in [5.74, 6) is 1.95. The summed E-state index contributed by atoms with van der Waals surface area (Å²) in [7, 11) is 0. The molecule has 11 aromatic rings. The van der Waals surface area contributed by atoms with Gasteiger partial charge in [-0.05, 0) is 56.9 Å². The Kier molecular flexibility index (Phi) is 7.14. The highest BCUT2D eigenvalue weighted by molar-refractivity contribution is 6.38. The van der Waals surface area contributed by atoms with Gasteiger partial charge in [0.2, 0.25) is 0 Å². The molecule has 2 heterocycles. The number of benzene rings is 9. The number of hydrogen-bond donors (Lipinski definition) is 0.